The van der Waals surface area contributed by atoms with Gasteiger partial charge in [-0.2, -0.15) is 31.4 Å². The number of amides is 1. The molecule has 3 rings (SSSR count). The zero-order chi connectivity index (χ0) is 24.4. The molecule has 0 bridgehead atoms. The quantitative estimate of drug-likeness (QED) is 0.196. The van der Waals surface area contributed by atoms with Crippen molar-refractivity contribution in [2.45, 2.75) is 25.2 Å². The number of alkyl halides is 6. The largest absolute Gasteiger partial charge is 0.434 e. The summed E-state index contributed by atoms with van der Waals surface area (Å²) < 4.78 is 80.6. The summed E-state index contributed by atoms with van der Waals surface area (Å²) >= 11 is 0.730. The Kier molecular flexibility index (Phi) is 6.76. The molecule has 0 radical (unpaired) electrons. The van der Waals surface area contributed by atoms with Gasteiger partial charge in [-0.1, -0.05) is 12.1 Å². The molecule has 1 amide bonds. The van der Waals surface area contributed by atoms with Crippen molar-refractivity contribution in [2.75, 3.05) is 6.54 Å². The molecule has 4 N–H and O–H groups in total. The van der Waals surface area contributed by atoms with Crippen molar-refractivity contribution < 1.29 is 31.1 Å². The molecule has 0 aliphatic carbocycles. The molecule has 0 aliphatic rings. The smallest absolute Gasteiger partial charge is 0.388 e. The molecule has 2 aromatic heterocycles. The standard InChI is InChI=1S/C19H16F6N6OS/c20-18(21,22)11-4-1-3-10(7-11)13-9-33-17(30-13)31-15(19(23,24)25)12(8-29-31)16(32)28-6-2-5-14(26)27/h1,3-4,7-9H,2,5-6H2,(H3,26,27)(H,28,32). The van der Waals surface area contributed by atoms with Crippen LogP contribution in [0.5, 0.6) is 0 Å². The number of benzene rings is 1. The van der Waals surface area contributed by atoms with Gasteiger partial charge in [-0.3, -0.25) is 10.2 Å². The molecule has 0 unspecified atom stereocenters. The molecule has 33 heavy (non-hydrogen) atoms. The summed E-state index contributed by atoms with van der Waals surface area (Å²) in [6.07, 6.45) is -8.38. The van der Waals surface area contributed by atoms with Crippen LogP contribution in [0.4, 0.5) is 26.3 Å². The normalized spacial score (nSPS) is 12.1. The van der Waals surface area contributed by atoms with E-state index < -0.39 is 35.1 Å². The van der Waals surface area contributed by atoms with Gasteiger partial charge in [0.1, 0.15) is 0 Å². The summed E-state index contributed by atoms with van der Waals surface area (Å²) in [5.74, 6) is -1.14. The van der Waals surface area contributed by atoms with Gasteiger partial charge >= 0.3 is 12.4 Å². The van der Waals surface area contributed by atoms with Crippen LogP contribution in [0, 0.1) is 5.41 Å². The lowest BCUT2D eigenvalue weighted by atomic mass is 10.1. The zero-order valence-corrected chi connectivity index (χ0v) is 17.4. The molecule has 0 saturated carbocycles. The fourth-order valence-corrected chi connectivity index (χ4v) is 3.65. The van der Waals surface area contributed by atoms with E-state index in [1.54, 1.807) is 0 Å². The van der Waals surface area contributed by atoms with Crippen molar-refractivity contribution in [1.29, 1.82) is 5.41 Å². The van der Waals surface area contributed by atoms with Crippen LogP contribution in [0.3, 0.4) is 0 Å². The second kappa shape index (κ2) is 9.21. The Hall–Kier alpha value is -3.42. The first kappa shape index (κ1) is 24.2. The Balaban J connectivity index is 1.91. The van der Waals surface area contributed by atoms with Crippen molar-refractivity contribution in [3.8, 4) is 16.4 Å². The van der Waals surface area contributed by atoms with Crippen LogP contribution in [0.25, 0.3) is 16.4 Å². The second-order valence-electron chi connectivity index (χ2n) is 6.79. The topological polar surface area (TPSA) is 110 Å². The van der Waals surface area contributed by atoms with Gasteiger partial charge in [0, 0.05) is 23.9 Å². The van der Waals surface area contributed by atoms with Crippen molar-refractivity contribution in [1.82, 2.24) is 20.1 Å². The van der Waals surface area contributed by atoms with Gasteiger partial charge in [0.25, 0.3) is 5.91 Å². The Morgan fingerprint density at radius 2 is 1.91 bits per heavy atom. The number of nitrogens with zero attached hydrogens (tertiary/aromatic N) is 3. The number of hydrogen-bond acceptors (Lipinski definition) is 5. The fraction of sp³-hybridized carbons (Fsp3) is 0.263. The average Bonchev–Trinajstić information content (AvgIpc) is 3.37. The van der Waals surface area contributed by atoms with Gasteiger partial charge in [0.15, 0.2) is 5.69 Å². The van der Waals surface area contributed by atoms with Gasteiger partial charge in [0.2, 0.25) is 5.13 Å². The zero-order valence-electron chi connectivity index (χ0n) is 16.6. The van der Waals surface area contributed by atoms with Gasteiger partial charge in [-0.15, -0.1) is 11.3 Å². The number of amidine groups is 1. The van der Waals surface area contributed by atoms with E-state index in [1.807, 2.05) is 0 Å². The minimum absolute atomic E-state index is 0.00215. The third kappa shape index (κ3) is 5.69. The lowest BCUT2D eigenvalue weighted by molar-refractivity contribution is -0.143. The summed E-state index contributed by atoms with van der Waals surface area (Å²) in [4.78, 5) is 16.3. The van der Waals surface area contributed by atoms with Crippen molar-refractivity contribution in [2.24, 2.45) is 5.73 Å². The number of aromatic nitrogens is 3. The predicted octanol–water partition coefficient (Wildman–Crippen LogP) is 4.48. The maximum Gasteiger partial charge on any atom is 0.434 e. The lowest BCUT2D eigenvalue weighted by Crippen LogP contribution is -2.28. The van der Waals surface area contributed by atoms with Crippen molar-refractivity contribution in [3.63, 3.8) is 0 Å². The van der Waals surface area contributed by atoms with E-state index in [4.69, 9.17) is 11.1 Å². The monoisotopic (exact) mass is 490 g/mol. The van der Waals surface area contributed by atoms with Crippen LogP contribution in [0.2, 0.25) is 0 Å². The number of nitrogens with two attached hydrogens (primary N) is 1. The Morgan fingerprint density at radius 1 is 1.18 bits per heavy atom. The molecule has 0 saturated heterocycles. The Bertz CT molecular complexity index is 1170. The first-order valence-electron chi connectivity index (χ1n) is 9.27. The van der Waals surface area contributed by atoms with Crippen LogP contribution in [-0.4, -0.2) is 33.1 Å². The summed E-state index contributed by atoms with van der Waals surface area (Å²) in [5, 5.41) is 14.1. The first-order chi connectivity index (χ1) is 15.4. The average molecular weight is 490 g/mol. The predicted molar refractivity (Wildman–Crippen MR) is 108 cm³/mol. The van der Waals surface area contributed by atoms with Crippen LogP contribution in [-0.2, 0) is 12.4 Å². The molecular weight excluding hydrogens is 474 g/mol. The van der Waals surface area contributed by atoms with Crippen molar-refractivity contribution in [3.05, 3.63) is 52.7 Å². The summed E-state index contributed by atoms with van der Waals surface area (Å²) in [7, 11) is 0. The van der Waals surface area contributed by atoms with Crippen LogP contribution in [0.15, 0.2) is 35.8 Å². The molecule has 1 aromatic carbocycles. The Labute approximate surface area is 186 Å². The third-order valence-corrected chi connectivity index (χ3v) is 5.17. The first-order valence-corrected chi connectivity index (χ1v) is 10.2. The molecular formula is C19H16F6N6OS. The number of thiazole rings is 1. The maximum absolute atomic E-state index is 13.8. The number of rotatable bonds is 7. The van der Waals surface area contributed by atoms with E-state index in [2.05, 4.69) is 15.4 Å². The summed E-state index contributed by atoms with van der Waals surface area (Å²) in [5.41, 5.74) is 2.26. The van der Waals surface area contributed by atoms with E-state index in [1.165, 1.54) is 17.5 Å². The molecule has 0 aliphatic heterocycles. The molecule has 7 nitrogen and oxygen atoms in total. The van der Waals surface area contributed by atoms with Crippen LogP contribution in [0.1, 0.15) is 34.5 Å². The number of carbonyl (C=O) groups is 1. The number of hydrogen-bond donors (Lipinski definition) is 3. The fourth-order valence-electron chi connectivity index (χ4n) is 2.86. The van der Waals surface area contributed by atoms with Crippen LogP contribution < -0.4 is 11.1 Å². The SMILES string of the molecule is N=C(N)CCCNC(=O)c1cnn(-c2nc(-c3cccc(C(F)(F)F)c3)cs2)c1C(F)(F)F. The van der Waals surface area contributed by atoms with E-state index in [9.17, 15) is 31.1 Å². The molecule has 0 spiro atoms. The highest BCUT2D eigenvalue weighted by atomic mass is 32.1. The molecule has 14 heteroatoms. The highest BCUT2D eigenvalue weighted by molar-refractivity contribution is 7.12. The van der Waals surface area contributed by atoms with E-state index >= 15 is 0 Å². The van der Waals surface area contributed by atoms with Crippen molar-refractivity contribution >= 4 is 23.1 Å². The summed E-state index contributed by atoms with van der Waals surface area (Å²) in [6, 6.07) is 4.22. The van der Waals surface area contributed by atoms with Gasteiger partial charge in [-0.25, -0.2) is 9.67 Å². The number of nitrogens with one attached hydrogen (secondary N) is 2. The maximum atomic E-state index is 13.8. The van der Waals surface area contributed by atoms with E-state index in [0.29, 0.717) is 4.68 Å². The Morgan fingerprint density at radius 3 is 2.55 bits per heavy atom. The number of halogens is 6. The third-order valence-electron chi connectivity index (χ3n) is 4.35. The molecule has 3 aromatic rings. The van der Waals surface area contributed by atoms with Crippen LogP contribution >= 0.6 is 11.3 Å². The molecule has 2 heterocycles. The molecule has 176 valence electrons. The minimum atomic E-state index is -4.97. The van der Waals surface area contributed by atoms with E-state index in [-0.39, 0.29) is 41.6 Å². The molecule has 0 fully saturated rings. The van der Waals surface area contributed by atoms with E-state index in [0.717, 1.165) is 29.7 Å². The molecule has 0 atom stereocenters. The lowest BCUT2D eigenvalue weighted by Gasteiger charge is -2.11. The highest BCUT2D eigenvalue weighted by Gasteiger charge is 2.41. The number of carbonyl (C=O) groups excluding carboxylic acids is 1. The minimum Gasteiger partial charge on any atom is -0.388 e. The van der Waals surface area contributed by atoms with Gasteiger partial charge < -0.3 is 11.1 Å². The highest BCUT2D eigenvalue weighted by Crippen LogP contribution is 2.36. The second-order valence-corrected chi connectivity index (χ2v) is 7.63. The van der Waals surface area contributed by atoms with Gasteiger partial charge in [0.05, 0.1) is 28.9 Å². The summed E-state index contributed by atoms with van der Waals surface area (Å²) in [6.45, 7) is -0.00215. The van der Waals surface area contributed by atoms with Gasteiger partial charge in [-0.05, 0) is 18.6 Å².